The summed E-state index contributed by atoms with van der Waals surface area (Å²) < 4.78 is 0. The molecule has 0 N–H and O–H groups in total. The Morgan fingerprint density at radius 1 is 1.05 bits per heavy atom. The summed E-state index contributed by atoms with van der Waals surface area (Å²) in [5.74, 6) is 0. The van der Waals surface area contributed by atoms with Crippen LogP contribution in [0.5, 0.6) is 0 Å². The molecule has 0 saturated heterocycles. The average molecular weight is 327 g/mol. The normalized spacial score (nSPS) is 9.11. The van der Waals surface area contributed by atoms with Crippen LogP contribution in [-0.2, 0) is 32.7 Å². The SMILES string of the molecule is Cc1c(C)c(C)c2ncc(C#N)[c-]c2c1C.[CH2-]C.[Y]. The molecular formula is C16H18N2Y-2. The molecule has 0 atom stereocenters. The van der Waals surface area contributed by atoms with Crippen molar-refractivity contribution in [2.45, 2.75) is 34.6 Å². The first-order valence-corrected chi connectivity index (χ1v) is 5.95. The fourth-order valence-electron chi connectivity index (χ4n) is 1.96. The van der Waals surface area contributed by atoms with E-state index in [1.165, 1.54) is 22.3 Å². The van der Waals surface area contributed by atoms with Crippen molar-refractivity contribution in [1.82, 2.24) is 4.98 Å². The van der Waals surface area contributed by atoms with Gasteiger partial charge in [0.05, 0.1) is 0 Å². The summed E-state index contributed by atoms with van der Waals surface area (Å²) in [6, 6.07) is 5.21. The largest absolute Gasteiger partial charge is 0.346 e. The predicted molar refractivity (Wildman–Crippen MR) is 75.3 cm³/mol. The first-order chi connectivity index (χ1) is 8.56. The van der Waals surface area contributed by atoms with Crippen LogP contribution in [0.3, 0.4) is 0 Å². The van der Waals surface area contributed by atoms with Gasteiger partial charge in [-0.15, -0.1) is 11.6 Å². The Morgan fingerprint density at radius 3 is 2.11 bits per heavy atom. The minimum absolute atomic E-state index is 0. The van der Waals surface area contributed by atoms with Crippen molar-refractivity contribution in [2.24, 2.45) is 0 Å². The molecule has 1 heterocycles. The monoisotopic (exact) mass is 327 g/mol. The summed E-state index contributed by atoms with van der Waals surface area (Å²) in [5, 5.41) is 9.83. The topological polar surface area (TPSA) is 36.7 Å². The fraction of sp³-hybridized carbons (Fsp3) is 0.312. The van der Waals surface area contributed by atoms with Gasteiger partial charge in [0.1, 0.15) is 0 Å². The number of pyridine rings is 1. The summed E-state index contributed by atoms with van der Waals surface area (Å²) >= 11 is 0. The van der Waals surface area contributed by atoms with Gasteiger partial charge in [-0.1, -0.05) is 29.0 Å². The van der Waals surface area contributed by atoms with Crippen molar-refractivity contribution in [3.05, 3.63) is 47.0 Å². The third-order valence-corrected chi connectivity index (χ3v) is 3.36. The molecule has 0 spiro atoms. The quantitative estimate of drug-likeness (QED) is 0.686. The molecule has 0 aliphatic carbocycles. The number of nitriles is 1. The van der Waals surface area contributed by atoms with E-state index in [1.54, 1.807) is 13.1 Å². The van der Waals surface area contributed by atoms with Gasteiger partial charge in [-0.3, -0.25) is 0 Å². The van der Waals surface area contributed by atoms with Gasteiger partial charge >= 0.3 is 0 Å². The maximum absolute atomic E-state index is 8.86. The Kier molecular flexibility index (Phi) is 7.41. The van der Waals surface area contributed by atoms with Crippen LogP contribution in [0.4, 0.5) is 0 Å². The van der Waals surface area contributed by atoms with Crippen molar-refractivity contribution in [3.63, 3.8) is 0 Å². The van der Waals surface area contributed by atoms with Gasteiger partial charge in [0.15, 0.2) is 0 Å². The fourth-order valence-corrected chi connectivity index (χ4v) is 1.96. The van der Waals surface area contributed by atoms with Crippen LogP contribution < -0.4 is 0 Å². The van der Waals surface area contributed by atoms with Gasteiger partial charge in [0, 0.05) is 32.7 Å². The van der Waals surface area contributed by atoms with Gasteiger partial charge in [-0.25, -0.2) is 5.26 Å². The Labute approximate surface area is 141 Å². The zero-order chi connectivity index (χ0) is 13.9. The van der Waals surface area contributed by atoms with E-state index in [4.69, 9.17) is 5.26 Å². The second kappa shape index (κ2) is 7.73. The summed E-state index contributed by atoms with van der Waals surface area (Å²) in [6.45, 7) is 13.3. The van der Waals surface area contributed by atoms with Crippen molar-refractivity contribution in [3.8, 4) is 6.07 Å². The second-order valence-electron chi connectivity index (χ2n) is 4.13. The zero-order valence-corrected chi connectivity index (χ0v) is 15.1. The second-order valence-corrected chi connectivity index (χ2v) is 4.13. The summed E-state index contributed by atoms with van der Waals surface area (Å²) in [6.07, 6.45) is 1.59. The Hall–Kier alpha value is -0.776. The Bertz CT molecular complexity index is 625. The van der Waals surface area contributed by atoms with E-state index in [2.05, 4.69) is 51.7 Å². The van der Waals surface area contributed by atoms with Crippen LogP contribution in [-0.4, -0.2) is 4.98 Å². The minimum atomic E-state index is 0. The molecule has 3 heteroatoms. The molecule has 0 unspecified atom stereocenters. The van der Waals surface area contributed by atoms with E-state index < -0.39 is 0 Å². The zero-order valence-electron chi connectivity index (χ0n) is 12.3. The third kappa shape index (κ3) is 3.41. The molecule has 0 aliphatic heterocycles. The summed E-state index contributed by atoms with van der Waals surface area (Å²) in [7, 11) is 0. The molecule has 2 nitrogen and oxygen atoms in total. The summed E-state index contributed by atoms with van der Waals surface area (Å²) in [5.41, 5.74) is 6.34. The first-order valence-electron chi connectivity index (χ1n) is 5.95. The van der Waals surface area contributed by atoms with E-state index in [0.29, 0.717) is 5.56 Å². The van der Waals surface area contributed by atoms with E-state index in [1.807, 2.05) is 0 Å². The number of hydrogen-bond acceptors (Lipinski definition) is 2. The van der Waals surface area contributed by atoms with Crippen LogP contribution in [0, 0.1) is 52.0 Å². The Morgan fingerprint density at radius 2 is 1.58 bits per heavy atom. The first kappa shape index (κ1) is 18.2. The van der Waals surface area contributed by atoms with Gasteiger partial charge in [-0.2, -0.15) is 6.92 Å². The van der Waals surface area contributed by atoms with Crippen LogP contribution in [0.25, 0.3) is 10.9 Å². The van der Waals surface area contributed by atoms with Crippen LogP contribution in [0.1, 0.15) is 34.7 Å². The molecule has 97 valence electrons. The number of nitrogens with zero attached hydrogens (tertiary/aromatic N) is 2. The molecule has 1 aromatic heterocycles. The van der Waals surface area contributed by atoms with Crippen molar-refractivity contribution >= 4 is 10.9 Å². The third-order valence-electron chi connectivity index (χ3n) is 3.36. The van der Waals surface area contributed by atoms with E-state index in [-0.39, 0.29) is 32.7 Å². The molecule has 0 saturated carbocycles. The van der Waals surface area contributed by atoms with Crippen molar-refractivity contribution in [1.29, 1.82) is 5.26 Å². The molecule has 1 aromatic carbocycles. The van der Waals surface area contributed by atoms with Gasteiger partial charge < -0.3 is 11.9 Å². The molecule has 0 amide bonds. The smallest absolute Gasteiger partial charge is 0 e. The molecule has 1 radical (unpaired) electrons. The number of rotatable bonds is 0. The Balaban J connectivity index is 0.00000103. The standard InChI is InChI=1S/C14H13N2.C2H5.Y/c1-8-9(2)11(4)14-13(10(8)3)5-12(6-15)7-16-14;1-2;/h7H,1-4H3;1H2,2H3;/q2*-1;. The van der Waals surface area contributed by atoms with Gasteiger partial charge in [0.25, 0.3) is 0 Å². The number of fused-ring (bicyclic) bond motifs is 1. The van der Waals surface area contributed by atoms with E-state index in [0.717, 1.165) is 10.9 Å². The van der Waals surface area contributed by atoms with E-state index >= 15 is 0 Å². The molecule has 2 rings (SSSR count). The van der Waals surface area contributed by atoms with Gasteiger partial charge in [0.2, 0.25) is 0 Å². The number of hydrogen-bond donors (Lipinski definition) is 0. The summed E-state index contributed by atoms with van der Waals surface area (Å²) in [4.78, 5) is 4.36. The molecule has 0 aliphatic rings. The maximum atomic E-state index is 8.86. The number of aromatic nitrogens is 1. The van der Waals surface area contributed by atoms with Crippen molar-refractivity contribution < 1.29 is 32.7 Å². The predicted octanol–water partition coefficient (Wildman–Crippen LogP) is 3.98. The molecule has 0 bridgehead atoms. The average Bonchev–Trinajstić information content (AvgIpc) is 2.44. The van der Waals surface area contributed by atoms with Crippen LogP contribution in [0.2, 0.25) is 0 Å². The molecule has 2 aromatic rings. The molecular weight excluding hydrogens is 309 g/mol. The van der Waals surface area contributed by atoms with Crippen molar-refractivity contribution in [2.75, 3.05) is 0 Å². The van der Waals surface area contributed by atoms with Gasteiger partial charge in [-0.05, 0) is 44.1 Å². The van der Waals surface area contributed by atoms with Crippen LogP contribution in [0.15, 0.2) is 6.20 Å². The maximum Gasteiger partial charge on any atom is 0 e. The minimum Gasteiger partial charge on any atom is -0.346 e. The molecule has 19 heavy (non-hydrogen) atoms. The van der Waals surface area contributed by atoms with E-state index in [9.17, 15) is 0 Å². The number of benzene rings is 1. The number of aryl methyl sites for hydroxylation is 2. The molecule has 0 fully saturated rings. The van der Waals surface area contributed by atoms with Crippen LogP contribution >= 0.6 is 0 Å².